The van der Waals surface area contributed by atoms with Crippen molar-refractivity contribution in [2.75, 3.05) is 0 Å². The second-order valence-corrected chi connectivity index (χ2v) is 4.97. The number of nitrogens with zero attached hydrogens (tertiary/aromatic N) is 3. The lowest BCUT2D eigenvalue weighted by molar-refractivity contribution is -0.385. The fraction of sp³-hybridized carbons (Fsp3) is 0.583. The zero-order chi connectivity index (χ0) is 16.2. The quantitative estimate of drug-likeness (QED) is 0.572. The standard InChI is InChI=1S/C12H18N4O5/c1-4-15-6-9(16(20)21)10(14-15)11(17)13-8(12(18)19)5-7(2)3/h6-8H,4-5H2,1-3H3,(H,13,17)(H,18,19)/t8-/m1/s1. The fourth-order valence-electron chi connectivity index (χ4n) is 1.79. The molecular weight excluding hydrogens is 280 g/mol. The molecule has 2 N–H and O–H groups in total. The molecule has 1 aromatic rings. The van der Waals surface area contributed by atoms with Crippen molar-refractivity contribution in [3.63, 3.8) is 0 Å². The molecule has 21 heavy (non-hydrogen) atoms. The summed E-state index contributed by atoms with van der Waals surface area (Å²) in [5.74, 6) is -1.99. The van der Waals surface area contributed by atoms with Crippen LogP contribution in [0.5, 0.6) is 0 Å². The summed E-state index contributed by atoms with van der Waals surface area (Å²) in [6.45, 7) is 5.71. The van der Waals surface area contributed by atoms with Crippen LogP contribution in [-0.4, -0.2) is 37.7 Å². The van der Waals surface area contributed by atoms with E-state index in [4.69, 9.17) is 5.11 Å². The Morgan fingerprint density at radius 1 is 1.52 bits per heavy atom. The summed E-state index contributed by atoms with van der Waals surface area (Å²) in [7, 11) is 0. The number of rotatable bonds is 7. The van der Waals surface area contributed by atoms with Gasteiger partial charge in [-0.3, -0.25) is 19.6 Å². The van der Waals surface area contributed by atoms with E-state index in [9.17, 15) is 19.7 Å². The molecule has 0 bridgehead atoms. The van der Waals surface area contributed by atoms with Crippen molar-refractivity contribution in [2.45, 2.75) is 39.8 Å². The third kappa shape index (κ3) is 4.26. The predicted octanol–water partition coefficient (Wildman–Crippen LogP) is 1.04. The smallest absolute Gasteiger partial charge is 0.326 e. The number of aliphatic carboxylic acids is 1. The predicted molar refractivity (Wildman–Crippen MR) is 72.9 cm³/mol. The Bertz CT molecular complexity index is 552. The van der Waals surface area contributed by atoms with Crippen molar-refractivity contribution < 1.29 is 19.6 Å². The van der Waals surface area contributed by atoms with Crippen molar-refractivity contribution in [2.24, 2.45) is 5.92 Å². The average Bonchev–Trinajstić information content (AvgIpc) is 2.81. The van der Waals surface area contributed by atoms with E-state index in [1.807, 2.05) is 13.8 Å². The topological polar surface area (TPSA) is 127 Å². The monoisotopic (exact) mass is 298 g/mol. The van der Waals surface area contributed by atoms with Crippen molar-refractivity contribution in [3.05, 3.63) is 22.0 Å². The molecule has 0 spiro atoms. The molecule has 0 aliphatic rings. The first-order valence-electron chi connectivity index (χ1n) is 6.51. The molecule has 0 aromatic carbocycles. The molecule has 1 aromatic heterocycles. The first-order valence-corrected chi connectivity index (χ1v) is 6.51. The number of carbonyl (C=O) groups is 2. The van der Waals surface area contributed by atoms with Crippen LogP contribution in [0.1, 0.15) is 37.7 Å². The van der Waals surface area contributed by atoms with Crippen LogP contribution in [0.4, 0.5) is 5.69 Å². The summed E-state index contributed by atoms with van der Waals surface area (Å²) in [6.07, 6.45) is 1.37. The van der Waals surface area contributed by atoms with Gasteiger partial charge < -0.3 is 10.4 Å². The summed E-state index contributed by atoms with van der Waals surface area (Å²) >= 11 is 0. The van der Waals surface area contributed by atoms with E-state index in [1.54, 1.807) is 6.92 Å². The van der Waals surface area contributed by atoms with Crippen LogP contribution in [0.25, 0.3) is 0 Å². The van der Waals surface area contributed by atoms with Gasteiger partial charge in [-0.1, -0.05) is 13.8 Å². The summed E-state index contributed by atoms with van der Waals surface area (Å²) in [6, 6.07) is -1.11. The lowest BCUT2D eigenvalue weighted by Crippen LogP contribution is -2.42. The summed E-state index contributed by atoms with van der Waals surface area (Å²) in [5.41, 5.74) is -0.820. The average molecular weight is 298 g/mol. The van der Waals surface area contributed by atoms with E-state index in [-0.39, 0.29) is 18.0 Å². The van der Waals surface area contributed by atoms with Crippen LogP contribution in [0.2, 0.25) is 0 Å². The fourth-order valence-corrected chi connectivity index (χ4v) is 1.79. The number of carboxylic acid groups (broad SMARTS) is 1. The minimum Gasteiger partial charge on any atom is -0.480 e. The highest BCUT2D eigenvalue weighted by Crippen LogP contribution is 2.17. The Kier molecular flexibility index (Phi) is 5.39. The van der Waals surface area contributed by atoms with Gasteiger partial charge in [-0.2, -0.15) is 5.10 Å². The normalized spacial score (nSPS) is 12.2. The minimum atomic E-state index is -1.19. The van der Waals surface area contributed by atoms with E-state index >= 15 is 0 Å². The highest BCUT2D eigenvalue weighted by molar-refractivity contribution is 5.98. The Morgan fingerprint density at radius 3 is 2.57 bits per heavy atom. The molecule has 0 unspecified atom stereocenters. The maximum absolute atomic E-state index is 12.0. The molecule has 0 radical (unpaired) electrons. The van der Waals surface area contributed by atoms with Gasteiger partial charge in [0.25, 0.3) is 5.91 Å². The van der Waals surface area contributed by atoms with Gasteiger partial charge in [-0.25, -0.2) is 4.79 Å². The Labute approximate surface area is 121 Å². The number of carboxylic acids is 1. The number of aryl methyl sites for hydroxylation is 1. The highest BCUT2D eigenvalue weighted by Gasteiger charge is 2.29. The molecule has 1 atom stereocenters. The number of nitro groups is 1. The number of amides is 1. The first-order chi connectivity index (χ1) is 9.76. The third-order valence-electron chi connectivity index (χ3n) is 2.79. The van der Waals surface area contributed by atoms with E-state index in [0.717, 1.165) is 6.20 Å². The molecule has 116 valence electrons. The molecule has 0 fully saturated rings. The van der Waals surface area contributed by atoms with Gasteiger partial charge in [0.1, 0.15) is 12.2 Å². The Morgan fingerprint density at radius 2 is 2.14 bits per heavy atom. The Hall–Kier alpha value is -2.45. The molecule has 1 amide bonds. The maximum atomic E-state index is 12.0. The lowest BCUT2D eigenvalue weighted by atomic mass is 10.0. The molecule has 1 rings (SSSR count). The van der Waals surface area contributed by atoms with Gasteiger partial charge in [0.15, 0.2) is 0 Å². The van der Waals surface area contributed by atoms with Gasteiger partial charge in [0.05, 0.1) is 4.92 Å². The zero-order valence-corrected chi connectivity index (χ0v) is 12.1. The SMILES string of the molecule is CCn1cc([N+](=O)[O-])c(C(=O)N[C@H](CC(C)C)C(=O)O)n1. The van der Waals surface area contributed by atoms with Gasteiger partial charge in [-0.15, -0.1) is 0 Å². The molecule has 0 aliphatic heterocycles. The maximum Gasteiger partial charge on any atom is 0.326 e. The van der Waals surface area contributed by atoms with Crippen molar-refractivity contribution in [3.8, 4) is 0 Å². The third-order valence-corrected chi connectivity index (χ3v) is 2.79. The van der Waals surface area contributed by atoms with Crippen LogP contribution < -0.4 is 5.32 Å². The molecule has 1 heterocycles. The summed E-state index contributed by atoms with van der Waals surface area (Å²) in [5, 5.41) is 26.1. The van der Waals surface area contributed by atoms with E-state index in [1.165, 1.54) is 4.68 Å². The minimum absolute atomic E-state index is 0.0505. The Balaban J connectivity index is 2.99. The van der Waals surface area contributed by atoms with Gasteiger partial charge in [-0.05, 0) is 19.3 Å². The zero-order valence-electron chi connectivity index (χ0n) is 12.1. The molecular formula is C12H18N4O5. The summed E-state index contributed by atoms with van der Waals surface area (Å²) in [4.78, 5) is 33.3. The van der Waals surface area contributed by atoms with Crippen LogP contribution in [0, 0.1) is 16.0 Å². The van der Waals surface area contributed by atoms with Crippen LogP contribution in [-0.2, 0) is 11.3 Å². The second kappa shape index (κ2) is 6.82. The molecule has 9 heteroatoms. The molecule has 0 saturated carbocycles. The highest BCUT2D eigenvalue weighted by atomic mass is 16.6. The summed E-state index contributed by atoms with van der Waals surface area (Å²) < 4.78 is 1.26. The van der Waals surface area contributed by atoms with Gasteiger partial charge in [0, 0.05) is 6.54 Å². The number of hydrogen-bond acceptors (Lipinski definition) is 5. The van der Waals surface area contributed by atoms with Crippen LogP contribution in [0.15, 0.2) is 6.20 Å². The van der Waals surface area contributed by atoms with Crippen LogP contribution >= 0.6 is 0 Å². The van der Waals surface area contributed by atoms with Gasteiger partial charge >= 0.3 is 11.7 Å². The lowest BCUT2D eigenvalue weighted by Gasteiger charge is -2.15. The number of hydrogen-bond donors (Lipinski definition) is 2. The van der Waals surface area contributed by atoms with E-state index in [0.29, 0.717) is 6.54 Å². The first kappa shape index (κ1) is 16.6. The molecule has 0 aliphatic carbocycles. The second-order valence-electron chi connectivity index (χ2n) is 4.97. The molecule has 0 saturated heterocycles. The largest absolute Gasteiger partial charge is 0.480 e. The van der Waals surface area contributed by atoms with Crippen molar-refractivity contribution in [1.29, 1.82) is 0 Å². The van der Waals surface area contributed by atoms with Gasteiger partial charge in [0.2, 0.25) is 5.69 Å². The number of aromatic nitrogens is 2. The van der Waals surface area contributed by atoms with E-state index < -0.39 is 28.5 Å². The number of nitrogens with one attached hydrogen (secondary N) is 1. The molecule has 9 nitrogen and oxygen atoms in total. The number of carbonyl (C=O) groups excluding carboxylic acids is 1. The van der Waals surface area contributed by atoms with E-state index in [2.05, 4.69) is 10.4 Å². The van der Waals surface area contributed by atoms with Crippen molar-refractivity contribution >= 4 is 17.6 Å². The van der Waals surface area contributed by atoms with Crippen molar-refractivity contribution in [1.82, 2.24) is 15.1 Å². The van der Waals surface area contributed by atoms with Crippen LogP contribution in [0.3, 0.4) is 0 Å².